The average molecular weight is 306 g/mol. The Morgan fingerprint density at radius 3 is 2.65 bits per heavy atom. The molecule has 0 fully saturated rings. The van der Waals surface area contributed by atoms with E-state index in [4.69, 9.17) is 17.0 Å². The zero-order chi connectivity index (χ0) is 15.2. The minimum Gasteiger partial charge on any atom is -0.385 e. The van der Waals surface area contributed by atoms with Gasteiger partial charge in [0.05, 0.1) is 5.56 Å². The molecule has 0 aliphatic heterocycles. The van der Waals surface area contributed by atoms with Crippen LogP contribution in [0.15, 0.2) is 18.2 Å². The van der Waals surface area contributed by atoms with Crippen molar-refractivity contribution >= 4 is 23.0 Å². The van der Waals surface area contributed by atoms with Crippen LogP contribution in [0.25, 0.3) is 0 Å². The van der Waals surface area contributed by atoms with Gasteiger partial charge in [-0.1, -0.05) is 6.07 Å². The van der Waals surface area contributed by atoms with Crippen LogP contribution in [-0.4, -0.2) is 25.4 Å². The number of thiocarbonyl (C=S) groups is 1. The molecule has 1 aromatic rings. The van der Waals surface area contributed by atoms with Gasteiger partial charge >= 0.3 is 6.18 Å². The molecule has 3 nitrogen and oxygen atoms in total. The largest absolute Gasteiger partial charge is 0.416 e. The normalized spacial score (nSPS) is 11.2. The molecule has 2 N–H and O–H groups in total. The molecule has 1 rings (SSSR count). The molecular weight excluding hydrogens is 289 g/mol. The number of halogens is 3. The summed E-state index contributed by atoms with van der Waals surface area (Å²) < 4.78 is 43.2. The Balaban J connectivity index is 2.62. The van der Waals surface area contributed by atoms with Crippen LogP contribution < -0.4 is 10.6 Å². The lowest BCUT2D eigenvalue weighted by atomic mass is 10.1. The Hall–Kier alpha value is -1.34. The topological polar surface area (TPSA) is 33.3 Å². The summed E-state index contributed by atoms with van der Waals surface area (Å²) in [6, 6.07) is 4.03. The number of hydrogen-bond acceptors (Lipinski definition) is 2. The molecule has 112 valence electrons. The highest BCUT2D eigenvalue weighted by Crippen LogP contribution is 2.33. The summed E-state index contributed by atoms with van der Waals surface area (Å²) in [6.45, 7) is 2.62. The molecule has 0 radical (unpaired) electrons. The van der Waals surface area contributed by atoms with Gasteiger partial charge in [0.1, 0.15) is 0 Å². The molecule has 0 saturated carbocycles. The molecule has 20 heavy (non-hydrogen) atoms. The molecule has 0 unspecified atom stereocenters. The van der Waals surface area contributed by atoms with Crippen LogP contribution >= 0.6 is 12.2 Å². The Morgan fingerprint density at radius 1 is 1.35 bits per heavy atom. The number of aryl methyl sites for hydroxylation is 1. The van der Waals surface area contributed by atoms with Crippen molar-refractivity contribution in [3.63, 3.8) is 0 Å². The summed E-state index contributed by atoms with van der Waals surface area (Å²) in [7, 11) is 1.60. The fourth-order valence-electron chi connectivity index (χ4n) is 1.60. The summed E-state index contributed by atoms with van der Waals surface area (Å²) >= 11 is 5.01. The number of nitrogens with one attached hydrogen (secondary N) is 2. The van der Waals surface area contributed by atoms with Gasteiger partial charge in [-0.25, -0.2) is 0 Å². The van der Waals surface area contributed by atoms with Crippen LogP contribution in [0.3, 0.4) is 0 Å². The minimum atomic E-state index is -4.37. The van der Waals surface area contributed by atoms with Gasteiger partial charge in [-0.05, 0) is 43.3 Å². The first-order chi connectivity index (χ1) is 9.34. The highest BCUT2D eigenvalue weighted by molar-refractivity contribution is 7.80. The maximum absolute atomic E-state index is 12.8. The maximum Gasteiger partial charge on any atom is 0.416 e. The van der Waals surface area contributed by atoms with Gasteiger partial charge in [0.25, 0.3) is 0 Å². The molecule has 7 heteroatoms. The van der Waals surface area contributed by atoms with E-state index in [0.29, 0.717) is 18.8 Å². The lowest BCUT2D eigenvalue weighted by Gasteiger charge is -2.14. The van der Waals surface area contributed by atoms with Gasteiger partial charge in [0.2, 0.25) is 0 Å². The van der Waals surface area contributed by atoms with E-state index < -0.39 is 11.7 Å². The van der Waals surface area contributed by atoms with Crippen molar-refractivity contribution in [1.82, 2.24) is 5.32 Å². The molecule has 0 amide bonds. The quantitative estimate of drug-likeness (QED) is 0.646. The maximum atomic E-state index is 12.8. The van der Waals surface area contributed by atoms with Gasteiger partial charge in [0.15, 0.2) is 5.11 Å². The summed E-state index contributed by atoms with van der Waals surface area (Å²) in [5, 5.41) is 5.93. The monoisotopic (exact) mass is 306 g/mol. The number of benzene rings is 1. The van der Waals surface area contributed by atoms with Crippen molar-refractivity contribution in [3.8, 4) is 0 Å². The molecule has 1 aromatic carbocycles. The van der Waals surface area contributed by atoms with Crippen LogP contribution in [0.2, 0.25) is 0 Å². The second kappa shape index (κ2) is 7.44. The molecule has 0 atom stereocenters. The number of methoxy groups -OCH3 is 1. The number of ether oxygens (including phenoxy) is 1. The number of hydrogen-bond donors (Lipinski definition) is 2. The Kier molecular flexibility index (Phi) is 6.22. The molecule has 0 saturated heterocycles. The SMILES string of the molecule is COCCCNC(=S)Nc1ccc(C)c(C(F)(F)F)c1. The van der Waals surface area contributed by atoms with Crippen LogP contribution in [-0.2, 0) is 10.9 Å². The second-order valence-corrected chi connectivity index (χ2v) is 4.66. The van der Waals surface area contributed by atoms with Crippen LogP contribution in [0, 0.1) is 6.92 Å². The zero-order valence-corrected chi connectivity index (χ0v) is 12.1. The van der Waals surface area contributed by atoms with Crippen LogP contribution in [0.1, 0.15) is 17.5 Å². The van der Waals surface area contributed by atoms with Crippen molar-refractivity contribution in [2.45, 2.75) is 19.5 Å². The third kappa shape index (κ3) is 5.34. The van der Waals surface area contributed by atoms with Gasteiger partial charge in [-0.15, -0.1) is 0 Å². The number of alkyl halides is 3. The fraction of sp³-hybridized carbons (Fsp3) is 0.462. The minimum absolute atomic E-state index is 0.182. The fourth-order valence-corrected chi connectivity index (χ4v) is 1.82. The highest BCUT2D eigenvalue weighted by atomic mass is 32.1. The summed E-state index contributed by atoms with van der Waals surface area (Å²) in [6.07, 6.45) is -3.60. The molecule has 0 heterocycles. The van der Waals surface area contributed by atoms with Gasteiger partial charge < -0.3 is 15.4 Å². The molecule has 0 aromatic heterocycles. The molecule has 0 aliphatic rings. The first-order valence-electron chi connectivity index (χ1n) is 6.06. The predicted octanol–water partition coefficient (Wildman–Crippen LogP) is 3.34. The van der Waals surface area contributed by atoms with Gasteiger partial charge in [0, 0.05) is 25.9 Å². The van der Waals surface area contributed by atoms with E-state index in [1.54, 1.807) is 13.2 Å². The van der Waals surface area contributed by atoms with E-state index in [1.165, 1.54) is 13.0 Å². The predicted molar refractivity (Wildman–Crippen MR) is 76.9 cm³/mol. The summed E-state index contributed by atoms with van der Waals surface area (Å²) in [5.41, 5.74) is -0.168. The Bertz CT molecular complexity index is 463. The van der Waals surface area contributed by atoms with Crippen LogP contribution in [0.5, 0.6) is 0 Å². The van der Waals surface area contributed by atoms with Crippen molar-refractivity contribution in [2.75, 3.05) is 25.6 Å². The van der Waals surface area contributed by atoms with Crippen molar-refractivity contribution in [1.29, 1.82) is 0 Å². The molecule has 0 bridgehead atoms. The van der Waals surface area contributed by atoms with Crippen molar-refractivity contribution < 1.29 is 17.9 Å². The lowest BCUT2D eigenvalue weighted by Crippen LogP contribution is -2.29. The first-order valence-corrected chi connectivity index (χ1v) is 6.47. The van der Waals surface area contributed by atoms with E-state index in [1.807, 2.05) is 0 Å². The summed E-state index contributed by atoms with van der Waals surface area (Å²) in [5.74, 6) is 0. The molecule has 0 spiro atoms. The van der Waals surface area contributed by atoms with Crippen molar-refractivity contribution in [3.05, 3.63) is 29.3 Å². The Morgan fingerprint density at radius 2 is 2.05 bits per heavy atom. The summed E-state index contributed by atoms with van der Waals surface area (Å²) in [4.78, 5) is 0. The standard InChI is InChI=1S/C13H17F3N2OS/c1-9-4-5-10(8-11(9)13(14,15)16)18-12(20)17-6-3-7-19-2/h4-5,8H,3,6-7H2,1-2H3,(H2,17,18,20). The van der Waals surface area contributed by atoms with Gasteiger partial charge in [-0.3, -0.25) is 0 Å². The van der Waals surface area contributed by atoms with Crippen LogP contribution in [0.4, 0.5) is 18.9 Å². The Labute approximate surface area is 121 Å². The van der Waals surface area contributed by atoms with Crippen molar-refractivity contribution in [2.24, 2.45) is 0 Å². The average Bonchev–Trinajstić information content (AvgIpc) is 2.36. The molecule has 0 aliphatic carbocycles. The van der Waals surface area contributed by atoms with E-state index in [0.717, 1.165) is 12.5 Å². The van der Waals surface area contributed by atoms with E-state index in [2.05, 4.69) is 10.6 Å². The second-order valence-electron chi connectivity index (χ2n) is 4.25. The molecular formula is C13H17F3N2OS. The third-order valence-electron chi connectivity index (χ3n) is 2.61. The third-order valence-corrected chi connectivity index (χ3v) is 2.86. The van der Waals surface area contributed by atoms with Gasteiger partial charge in [-0.2, -0.15) is 13.2 Å². The number of rotatable bonds is 5. The smallest absolute Gasteiger partial charge is 0.385 e. The van der Waals surface area contributed by atoms with E-state index >= 15 is 0 Å². The lowest BCUT2D eigenvalue weighted by molar-refractivity contribution is -0.138. The number of anilines is 1. The van der Waals surface area contributed by atoms with E-state index in [-0.39, 0.29) is 10.7 Å². The zero-order valence-electron chi connectivity index (χ0n) is 11.3. The first kappa shape index (κ1) is 16.7. The van der Waals surface area contributed by atoms with E-state index in [9.17, 15) is 13.2 Å². The highest BCUT2D eigenvalue weighted by Gasteiger charge is 2.32.